The van der Waals surface area contributed by atoms with Crippen LogP contribution in [0.15, 0.2) is 48.5 Å². The van der Waals surface area contributed by atoms with Crippen molar-refractivity contribution in [1.29, 1.82) is 0 Å². The number of aryl methyl sites for hydroxylation is 1. The molecule has 7 heteroatoms. The Labute approximate surface area is 153 Å². The minimum Gasteiger partial charge on any atom is -0.324 e. The van der Waals surface area contributed by atoms with Crippen LogP contribution in [0, 0.1) is 0 Å². The van der Waals surface area contributed by atoms with Gasteiger partial charge >= 0.3 is 0 Å². The van der Waals surface area contributed by atoms with Gasteiger partial charge in [0.15, 0.2) is 0 Å². The van der Waals surface area contributed by atoms with Crippen LogP contribution in [0.2, 0.25) is 5.02 Å². The molecule has 2 rings (SSSR count). The summed E-state index contributed by atoms with van der Waals surface area (Å²) in [6, 6.07) is 12.9. The summed E-state index contributed by atoms with van der Waals surface area (Å²) in [7, 11) is -3.65. The second kappa shape index (κ2) is 7.89. The maximum absolute atomic E-state index is 12.6. The molecule has 0 spiro atoms. The summed E-state index contributed by atoms with van der Waals surface area (Å²) < 4.78 is 25.5. The quantitative estimate of drug-likeness (QED) is 0.830. The first-order chi connectivity index (χ1) is 11.7. The second-order valence-electron chi connectivity index (χ2n) is 5.75. The highest BCUT2D eigenvalue weighted by atomic mass is 35.5. The molecule has 0 aliphatic rings. The molecule has 1 amide bonds. The minimum atomic E-state index is -3.65. The summed E-state index contributed by atoms with van der Waals surface area (Å²) in [5.74, 6) is -0.412. The molecule has 0 saturated heterocycles. The van der Waals surface area contributed by atoms with Gasteiger partial charge in [0.1, 0.15) is 6.04 Å². The van der Waals surface area contributed by atoms with Crippen molar-refractivity contribution in [3.8, 4) is 0 Å². The Balaban J connectivity index is 2.24. The molecule has 0 fully saturated rings. The predicted octanol–water partition coefficient (Wildman–Crippen LogP) is 3.70. The molecule has 0 radical (unpaired) electrons. The number of amides is 1. The normalized spacial score (nSPS) is 12.5. The molecule has 2 aromatic rings. The zero-order chi connectivity index (χ0) is 18.6. The molecule has 5 nitrogen and oxygen atoms in total. The van der Waals surface area contributed by atoms with Gasteiger partial charge in [-0.1, -0.05) is 30.7 Å². The van der Waals surface area contributed by atoms with Gasteiger partial charge in [-0.25, -0.2) is 8.42 Å². The number of carbonyl (C=O) groups is 1. The summed E-state index contributed by atoms with van der Waals surface area (Å²) >= 11 is 5.86. The van der Waals surface area contributed by atoms with Crippen molar-refractivity contribution in [1.82, 2.24) is 0 Å². The zero-order valence-corrected chi connectivity index (χ0v) is 15.9. The number of rotatable bonds is 6. The monoisotopic (exact) mass is 380 g/mol. The highest BCUT2D eigenvalue weighted by Crippen LogP contribution is 2.23. The molecule has 0 aromatic heterocycles. The smallest absolute Gasteiger partial charge is 0.247 e. The van der Waals surface area contributed by atoms with Crippen LogP contribution in [0.25, 0.3) is 0 Å². The lowest BCUT2D eigenvalue weighted by atomic mass is 10.1. The molecule has 25 heavy (non-hydrogen) atoms. The third-order valence-electron chi connectivity index (χ3n) is 3.80. The molecule has 2 aromatic carbocycles. The van der Waals surface area contributed by atoms with E-state index in [0.717, 1.165) is 22.5 Å². The maximum Gasteiger partial charge on any atom is 0.247 e. The lowest BCUT2D eigenvalue weighted by Crippen LogP contribution is -2.45. The van der Waals surface area contributed by atoms with E-state index in [0.29, 0.717) is 16.4 Å². The van der Waals surface area contributed by atoms with Gasteiger partial charge < -0.3 is 5.32 Å². The molecule has 0 unspecified atom stereocenters. The largest absolute Gasteiger partial charge is 0.324 e. The fraction of sp³-hybridized carbons (Fsp3) is 0.278. The van der Waals surface area contributed by atoms with E-state index >= 15 is 0 Å². The molecule has 0 heterocycles. The Hall–Kier alpha value is -2.05. The predicted molar refractivity (Wildman–Crippen MR) is 103 cm³/mol. The Morgan fingerprint density at radius 1 is 1.12 bits per heavy atom. The molecule has 1 atom stereocenters. The maximum atomic E-state index is 12.6. The van der Waals surface area contributed by atoms with E-state index in [1.165, 1.54) is 0 Å². The summed E-state index contributed by atoms with van der Waals surface area (Å²) in [5.41, 5.74) is 2.17. The van der Waals surface area contributed by atoms with E-state index in [4.69, 9.17) is 11.6 Å². The Morgan fingerprint density at radius 2 is 1.68 bits per heavy atom. The number of anilines is 2. The van der Waals surface area contributed by atoms with Crippen LogP contribution in [0.3, 0.4) is 0 Å². The first-order valence-corrected chi connectivity index (χ1v) is 10.1. The lowest BCUT2D eigenvalue weighted by molar-refractivity contribution is -0.116. The molecule has 134 valence electrons. The van der Waals surface area contributed by atoms with Crippen molar-refractivity contribution >= 4 is 38.9 Å². The standard InChI is InChI=1S/C18H21ClN2O3S/c1-4-14-5-9-16(10-6-14)20-18(22)13(2)21(25(3,23)24)17-11-7-15(19)8-12-17/h5-13H,4H2,1-3H3,(H,20,22)/t13-/m0/s1. The zero-order valence-electron chi connectivity index (χ0n) is 14.4. The molecule has 1 N–H and O–H groups in total. The number of sulfonamides is 1. The number of hydrogen-bond acceptors (Lipinski definition) is 3. The van der Waals surface area contributed by atoms with Gasteiger partial charge in [0.2, 0.25) is 15.9 Å². The van der Waals surface area contributed by atoms with E-state index < -0.39 is 22.0 Å². The first-order valence-electron chi connectivity index (χ1n) is 7.87. The Bertz CT molecular complexity index is 834. The molecule has 0 aliphatic carbocycles. The fourth-order valence-corrected chi connectivity index (χ4v) is 3.77. The average Bonchev–Trinajstić information content (AvgIpc) is 2.56. The van der Waals surface area contributed by atoms with Crippen molar-refractivity contribution in [3.05, 3.63) is 59.1 Å². The van der Waals surface area contributed by atoms with Gasteiger partial charge in [-0.2, -0.15) is 0 Å². The lowest BCUT2D eigenvalue weighted by Gasteiger charge is -2.28. The van der Waals surface area contributed by atoms with Crippen molar-refractivity contribution in [2.75, 3.05) is 15.9 Å². The van der Waals surface area contributed by atoms with E-state index in [9.17, 15) is 13.2 Å². The van der Waals surface area contributed by atoms with E-state index in [-0.39, 0.29) is 0 Å². The van der Waals surface area contributed by atoms with Crippen LogP contribution >= 0.6 is 11.6 Å². The van der Waals surface area contributed by atoms with Crippen LogP contribution in [0.1, 0.15) is 19.4 Å². The van der Waals surface area contributed by atoms with Gasteiger partial charge in [-0.3, -0.25) is 9.10 Å². The minimum absolute atomic E-state index is 0.385. The second-order valence-corrected chi connectivity index (χ2v) is 8.05. The van der Waals surface area contributed by atoms with E-state index in [2.05, 4.69) is 5.32 Å². The topological polar surface area (TPSA) is 66.5 Å². The van der Waals surface area contributed by atoms with Gasteiger partial charge in [0.25, 0.3) is 0 Å². The number of carbonyl (C=O) groups excluding carboxylic acids is 1. The SMILES string of the molecule is CCc1ccc(NC(=O)[C@H](C)N(c2ccc(Cl)cc2)S(C)(=O)=O)cc1. The van der Waals surface area contributed by atoms with Crippen molar-refractivity contribution in [2.24, 2.45) is 0 Å². The van der Waals surface area contributed by atoms with Gasteiger partial charge in [0.05, 0.1) is 11.9 Å². The van der Waals surface area contributed by atoms with Crippen LogP contribution in [-0.2, 0) is 21.2 Å². The number of nitrogens with one attached hydrogen (secondary N) is 1. The molecule has 0 saturated carbocycles. The molecule has 0 aliphatic heterocycles. The van der Waals surface area contributed by atoms with Gasteiger partial charge in [0, 0.05) is 10.7 Å². The highest BCUT2D eigenvalue weighted by molar-refractivity contribution is 7.92. The van der Waals surface area contributed by atoms with Gasteiger partial charge in [-0.05, 0) is 55.3 Å². The van der Waals surface area contributed by atoms with E-state index in [1.54, 1.807) is 43.3 Å². The number of hydrogen-bond donors (Lipinski definition) is 1. The molecule has 0 bridgehead atoms. The molecular weight excluding hydrogens is 360 g/mol. The van der Waals surface area contributed by atoms with Crippen molar-refractivity contribution < 1.29 is 13.2 Å². The fourth-order valence-electron chi connectivity index (χ4n) is 2.47. The summed E-state index contributed by atoms with van der Waals surface area (Å²) in [5, 5.41) is 3.25. The summed E-state index contributed by atoms with van der Waals surface area (Å²) in [6.07, 6.45) is 1.98. The average molecular weight is 381 g/mol. The summed E-state index contributed by atoms with van der Waals surface area (Å²) in [6.45, 7) is 3.59. The Morgan fingerprint density at radius 3 is 2.16 bits per heavy atom. The third-order valence-corrected chi connectivity index (χ3v) is 5.29. The van der Waals surface area contributed by atoms with E-state index in [1.807, 2.05) is 19.1 Å². The third kappa shape index (κ3) is 4.96. The van der Waals surface area contributed by atoms with Crippen LogP contribution in [-0.4, -0.2) is 26.6 Å². The number of nitrogens with zero attached hydrogens (tertiary/aromatic N) is 1. The summed E-state index contributed by atoms with van der Waals surface area (Å²) in [4.78, 5) is 12.6. The van der Waals surface area contributed by atoms with Gasteiger partial charge in [-0.15, -0.1) is 0 Å². The number of halogens is 1. The van der Waals surface area contributed by atoms with Crippen LogP contribution in [0.4, 0.5) is 11.4 Å². The van der Waals surface area contributed by atoms with Crippen LogP contribution in [0.5, 0.6) is 0 Å². The Kier molecular flexibility index (Phi) is 6.08. The van der Waals surface area contributed by atoms with Crippen molar-refractivity contribution in [2.45, 2.75) is 26.3 Å². The van der Waals surface area contributed by atoms with Crippen LogP contribution < -0.4 is 9.62 Å². The number of benzene rings is 2. The van der Waals surface area contributed by atoms with Crippen molar-refractivity contribution in [3.63, 3.8) is 0 Å². The molecular formula is C18H21ClN2O3S. The highest BCUT2D eigenvalue weighted by Gasteiger charge is 2.29. The first kappa shape index (κ1) is 19.3.